The van der Waals surface area contributed by atoms with E-state index < -0.39 is 0 Å². The number of nitrogens with one attached hydrogen (secondary N) is 1. The molecule has 6 nitrogen and oxygen atoms in total. The third-order valence-corrected chi connectivity index (χ3v) is 3.24. The van der Waals surface area contributed by atoms with Crippen LogP contribution in [0.25, 0.3) is 16.9 Å². The quantitative estimate of drug-likeness (QED) is 0.746. The molecule has 0 saturated heterocycles. The van der Waals surface area contributed by atoms with E-state index in [0.29, 0.717) is 5.56 Å². The summed E-state index contributed by atoms with van der Waals surface area (Å²) in [5.41, 5.74) is 3.02. The molecule has 0 aliphatic rings. The summed E-state index contributed by atoms with van der Waals surface area (Å²) in [7, 11) is 3.18. The minimum absolute atomic E-state index is 0.375. The zero-order chi connectivity index (χ0) is 14.8. The molecule has 6 heteroatoms. The van der Waals surface area contributed by atoms with Crippen molar-refractivity contribution in [1.29, 1.82) is 0 Å². The third-order valence-electron chi connectivity index (χ3n) is 3.24. The first kappa shape index (κ1) is 13.1. The van der Waals surface area contributed by atoms with Crippen molar-refractivity contribution in [2.75, 3.05) is 19.5 Å². The van der Waals surface area contributed by atoms with Crippen LogP contribution in [-0.2, 0) is 4.74 Å². The number of rotatable bonds is 3. The monoisotopic (exact) mass is 282 g/mol. The smallest absolute Gasteiger partial charge is 0.339 e. The lowest BCUT2D eigenvalue weighted by Gasteiger charge is -2.05. The average Bonchev–Trinajstić information content (AvgIpc) is 2.97. The molecule has 3 heterocycles. The maximum absolute atomic E-state index is 11.6. The van der Waals surface area contributed by atoms with Crippen LogP contribution >= 0.6 is 0 Å². The lowest BCUT2D eigenvalue weighted by molar-refractivity contribution is 0.0600. The van der Waals surface area contributed by atoms with E-state index >= 15 is 0 Å². The van der Waals surface area contributed by atoms with Gasteiger partial charge in [-0.3, -0.25) is 4.40 Å². The average molecular weight is 282 g/mol. The van der Waals surface area contributed by atoms with Crippen molar-refractivity contribution in [1.82, 2.24) is 14.4 Å². The van der Waals surface area contributed by atoms with E-state index in [0.717, 1.165) is 22.7 Å². The molecule has 106 valence electrons. The van der Waals surface area contributed by atoms with Gasteiger partial charge in [-0.05, 0) is 24.3 Å². The molecular formula is C15H14N4O2. The summed E-state index contributed by atoms with van der Waals surface area (Å²) in [6, 6.07) is 7.32. The second kappa shape index (κ2) is 5.24. The number of nitrogens with zero attached hydrogens (tertiary/aromatic N) is 3. The van der Waals surface area contributed by atoms with Gasteiger partial charge >= 0.3 is 5.97 Å². The number of pyridine rings is 2. The fraction of sp³-hybridized carbons (Fsp3) is 0.133. The summed E-state index contributed by atoms with van der Waals surface area (Å²) < 4.78 is 6.59. The zero-order valence-corrected chi connectivity index (χ0v) is 11.7. The lowest BCUT2D eigenvalue weighted by atomic mass is 10.2. The van der Waals surface area contributed by atoms with Gasteiger partial charge in [0, 0.05) is 25.0 Å². The van der Waals surface area contributed by atoms with Crippen LogP contribution < -0.4 is 5.32 Å². The Morgan fingerprint density at radius 1 is 1.19 bits per heavy atom. The Kier molecular flexibility index (Phi) is 3.27. The van der Waals surface area contributed by atoms with Crippen molar-refractivity contribution in [2.45, 2.75) is 0 Å². The first-order chi connectivity index (χ1) is 10.2. The predicted molar refractivity (Wildman–Crippen MR) is 79.3 cm³/mol. The maximum Gasteiger partial charge on any atom is 0.339 e. The number of hydrogen-bond donors (Lipinski definition) is 1. The summed E-state index contributed by atoms with van der Waals surface area (Å²) in [6.45, 7) is 0. The molecule has 3 aromatic rings. The SMILES string of the molecule is CNc1ccc(-c2cnc3ccc(C(=O)OC)cn23)cn1. The molecule has 0 unspecified atom stereocenters. The van der Waals surface area contributed by atoms with Gasteiger partial charge in [-0.2, -0.15) is 0 Å². The zero-order valence-electron chi connectivity index (χ0n) is 11.7. The highest BCUT2D eigenvalue weighted by Crippen LogP contribution is 2.21. The van der Waals surface area contributed by atoms with Gasteiger partial charge in [-0.15, -0.1) is 0 Å². The molecule has 0 aromatic carbocycles. The molecule has 1 N–H and O–H groups in total. The summed E-state index contributed by atoms with van der Waals surface area (Å²) in [4.78, 5) is 20.3. The fourth-order valence-electron chi connectivity index (χ4n) is 2.13. The molecule has 3 rings (SSSR count). The summed E-state index contributed by atoms with van der Waals surface area (Å²) in [5, 5.41) is 2.97. The van der Waals surface area contributed by atoms with Gasteiger partial charge < -0.3 is 10.1 Å². The third kappa shape index (κ3) is 2.31. The van der Waals surface area contributed by atoms with Crippen molar-refractivity contribution in [3.05, 3.63) is 48.4 Å². The topological polar surface area (TPSA) is 68.5 Å². The Morgan fingerprint density at radius 2 is 2.05 bits per heavy atom. The highest BCUT2D eigenvalue weighted by atomic mass is 16.5. The van der Waals surface area contributed by atoms with Crippen LogP contribution in [0.1, 0.15) is 10.4 Å². The number of imidazole rings is 1. The molecule has 0 radical (unpaired) electrons. The first-order valence-corrected chi connectivity index (χ1v) is 6.42. The summed E-state index contributed by atoms with van der Waals surface area (Å²) >= 11 is 0. The summed E-state index contributed by atoms with van der Waals surface area (Å²) in [5.74, 6) is 0.419. The van der Waals surface area contributed by atoms with Crippen molar-refractivity contribution >= 4 is 17.4 Å². The standard InChI is InChI=1S/C15H14N4O2/c1-16-13-5-3-10(7-17-13)12-8-18-14-6-4-11(9-19(12)14)15(20)21-2/h3-9H,1-2H3,(H,16,17). The van der Waals surface area contributed by atoms with Crippen LogP contribution in [0, 0.1) is 0 Å². The van der Waals surface area contributed by atoms with Gasteiger partial charge in [-0.1, -0.05) is 0 Å². The number of carbonyl (C=O) groups is 1. The van der Waals surface area contributed by atoms with E-state index in [1.165, 1.54) is 7.11 Å². The van der Waals surface area contributed by atoms with E-state index in [-0.39, 0.29) is 5.97 Å². The molecule has 0 fully saturated rings. The molecule has 0 atom stereocenters. The van der Waals surface area contributed by atoms with E-state index in [1.807, 2.05) is 23.6 Å². The first-order valence-electron chi connectivity index (χ1n) is 6.42. The number of carbonyl (C=O) groups excluding carboxylic acids is 1. The van der Waals surface area contributed by atoms with E-state index in [1.54, 1.807) is 30.7 Å². The van der Waals surface area contributed by atoms with Gasteiger partial charge in [0.05, 0.1) is 24.6 Å². The molecule has 0 spiro atoms. The number of methoxy groups -OCH3 is 1. The van der Waals surface area contributed by atoms with Crippen molar-refractivity contribution in [2.24, 2.45) is 0 Å². The Bertz CT molecular complexity index is 793. The summed E-state index contributed by atoms with van der Waals surface area (Å²) in [6.07, 6.45) is 5.24. The molecule has 0 aliphatic heterocycles. The van der Waals surface area contributed by atoms with Crippen LogP contribution in [0.5, 0.6) is 0 Å². The molecule has 21 heavy (non-hydrogen) atoms. The Balaban J connectivity index is 2.11. The van der Waals surface area contributed by atoms with Crippen LogP contribution in [0.4, 0.5) is 5.82 Å². The number of fused-ring (bicyclic) bond motifs is 1. The number of hydrogen-bond acceptors (Lipinski definition) is 5. The van der Waals surface area contributed by atoms with Gasteiger partial charge in [0.15, 0.2) is 0 Å². The van der Waals surface area contributed by atoms with Crippen LogP contribution in [-0.4, -0.2) is 34.5 Å². The fourth-order valence-corrected chi connectivity index (χ4v) is 2.13. The van der Waals surface area contributed by atoms with E-state index in [4.69, 9.17) is 4.74 Å². The molecule has 0 saturated carbocycles. The highest BCUT2D eigenvalue weighted by molar-refractivity contribution is 5.89. The second-order valence-electron chi connectivity index (χ2n) is 4.46. The predicted octanol–water partition coefficient (Wildman–Crippen LogP) is 2.22. The Hall–Kier alpha value is -2.89. The van der Waals surface area contributed by atoms with E-state index in [2.05, 4.69) is 15.3 Å². The maximum atomic E-state index is 11.6. The van der Waals surface area contributed by atoms with Gasteiger partial charge in [0.1, 0.15) is 11.5 Å². The molecule has 0 aliphatic carbocycles. The lowest BCUT2D eigenvalue weighted by Crippen LogP contribution is -2.03. The number of anilines is 1. The van der Waals surface area contributed by atoms with Crippen LogP contribution in [0.3, 0.4) is 0 Å². The minimum Gasteiger partial charge on any atom is -0.465 e. The van der Waals surface area contributed by atoms with E-state index in [9.17, 15) is 4.79 Å². The van der Waals surface area contributed by atoms with Gasteiger partial charge in [-0.25, -0.2) is 14.8 Å². The van der Waals surface area contributed by atoms with Crippen LogP contribution in [0.2, 0.25) is 0 Å². The van der Waals surface area contributed by atoms with Crippen molar-refractivity contribution in [3.63, 3.8) is 0 Å². The minimum atomic E-state index is -0.375. The normalized spacial score (nSPS) is 10.6. The molecule has 0 bridgehead atoms. The highest BCUT2D eigenvalue weighted by Gasteiger charge is 2.10. The second-order valence-corrected chi connectivity index (χ2v) is 4.46. The molecule has 3 aromatic heterocycles. The molecular weight excluding hydrogens is 268 g/mol. The Labute approximate surface area is 121 Å². The largest absolute Gasteiger partial charge is 0.465 e. The number of ether oxygens (including phenoxy) is 1. The number of aromatic nitrogens is 3. The van der Waals surface area contributed by atoms with Gasteiger partial charge in [0.2, 0.25) is 0 Å². The van der Waals surface area contributed by atoms with Gasteiger partial charge in [0.25, 0.3) is 0 Å². The van der Waals surface area contributed by atoms with Crippen molar-refractivity contribution < 1.29 is 9.53 Å². The molecule has 0 amide bonds. The van der Waals surface area contributed by atoms with Crippen molar-refractivity contribution in [3.8, 4) is 11.3 Å². The number of esters is 1. The van der Waals surface area contributed by atoms with Crippen LogP contribution in [0.15, 0.2) is 42.9 Å². The Morgan fingerprint density at radius 3 is 2.71 bits per heavy atom.